The SMILES string of the molecule is O=C(NC1CCC1)[C@@H]1C[C@@H]2CCN(Cc3ccsc3)C[C@@H]2O1.O=C(O)C(F)(F)F. The number of carbonyl (C=O) groups is 2. The fraction of sp³-hybridized carbons (Fsp3) is 0.684. The second-order valence-electron chi connectivity index (χ2n) is 7.75. The molecule has 0 aromatic carbocycles. The third-order valence-corrected chi connectivity index (χ3v) is 6.34. The quantitative estimate of drug-likeness (QED) is 0.762. The van der Waals surface area contributed by atoms with E-state index in [4.69, 9.17) is 14.6 Å². The number of hydrogen-bond acceptors (Lipinski definition) is 5. The van der Waals surface area contributed by atoms with Gasteiger partial charge in [0.25, 0.3) is 0 Å². The second kappa shape index (κ2) is 9.44. The third-order valence-electron chi connectivity index (χ3n) is 5.61. The van der Waals surface area contributed by atoms with Crippen LogP contribution < -0.4 is 5.32 Å². The number of piperidine rings is 1. The number of fused-ring (bicyclic) bond motifs is 1. The maximum atomic E-state index is 12.3. The highest BCUT2D eigenvalue weighted by molar-refractivity contribution is 7.07. The zero-order chi connectivity index (χ0) is 21.0. The van der Waals surface area contributed by atoms with Crippen LogP contribution in [0.4, 0.5) is 13.2 Å². The Labute approximate surface area is 171 Å². The number of carbonyl (C=O) groups excluding carboxylic acids is 1. The number of alkyl halides is 3. The first kappa shape index (κ1) is 22.0. The van der Waals surface area contributed by atoms with Gasteiger partial charge in [-0.2, -0.15) is 24.5 Å². The standard InChI is InChI=1S/C17H24N2O2S.C2HF3O2/c20-17(18-14-2-1-3-14)15-8-13-4-6-19(10-16(13)21-15)9-12-5-7-22-11-12;3-2(4,5)1(6)7/h5,7,11,13-16H,1-4,6,8-10H2,(H,18,20);(H,6,7)/t13-,15-,16-;/m0./s1. The van der Waals surface area contributed by atoms with E-state index in [1.165, 1.54) is 12.0 Å². The number of likely N-dealkylation sites (tertiary alicyclic amines) is 1. The lowest BCUT2D eigenvalue weighted by atomic mass is 9.90. The van der Waals surface area contributed by atoms with Gasteiger partial charge in [0.1, 0.15) is 6.10 Å². The molecule has 1 saturated carbocycles. The molecule has 0 bridgehead atoms. The first-order valence-corrected chi connectivity index (χ1v) is 10.7. The third kappa shape index (κ3) is 6.16. The highest BCUT2D eigenvalue weighted by Crippen LogP contribution is 2.34. The van der Waals surface area contributed by atoms with Gasteiger partial charge in [0, 0.05) is 19.1 Å². The zero-order valence-electron chi connectivity index (χ0n) is 15.9. The molecule has 0 spiro atoms. The molecule has 1 aromatic rings. The molecule has 6 nitrogen and oxygen atoms in total. The van der Waals surface area contributed by atoms with E-state index in [-0.39, 0.29) is 18.1 Å². The van der Waals surface area contributed by atoms with Gasteiger partial charge in [0.2, 0.25) is 5.91 Å². The van der Waals surface area contributed by atoms with Gasteiger partial charge >= 0.3 is 12.1 Å². The number of aliphatic carboxylic acids is 1. The predicted octanol–water partition coefficient (Wildman–Crippen LogP) is 3.03. The molecule has 2 saturated heterocycles. The monoisotopic (exact) mass is 434 g/mol. The molecular formula is C19H25F3N2O4S. The van der Waals surface area contributed by atoms with E-state index in [1.807, 2.05) is 0 Å². The first-order chi connectivity index (χ1) is 13.7. The molecule has 3 aliphatic rings. The number of halogens is 3. The predicted molar refractivity (Wildman–Crippen MR) is 100 cm³/mol. The Balaban J connectivity index is 0.000000298. The van der Waals surface area contributed by atoms with Gasteiger partial charge in [0.05, 0.1) is 6.10 Å². The lowest BCUT2D eigenvalue weighted by Gasteiger charge is -2.33. The first-order valence-electron chi connectivity index (χ1n) is 9.71. The molecule has 0 unspecified atom stereocenters. The number of rotatable bonds is 4. The minimum Gasteiger partial charge on any atom is -0.475 e. The van der Waals surface area contributed by atoms with Crippen LogP contribution in [-0.2, 0) is 20.9 Å². The Morgan fingerprint density at radius 2 is 2.03 bits per heavy atom. The van der Waals surface area contributed by atoms with E-state index >= 15 is 0 Å². The van der Waals surface area contributed by atoms with Crippen LogP contribution in [0.1, 0.15) is 37.7 Å². The van der Waals surface area contributed by atoms with Gasteiger partial charge in [-0.05, 0) is 67.0 Å². The van der Waals surface area contributed by atoms with Gasteiger partial charge < -0.3 is 15.2 Å². The molecule has 29 heavy (non-hydrogen) atoms. The molecule has 2 aliphatic heterocycles. The van der Waals surface area contributed by atoms with E-state index in [1.54, 1.807) is 11.3 Å². The number of carboxylic acids is 1. The Bertz CT molecular complexity index is 694. The van der Waals surface area contributed by atoms with Crippen molar-refractivity contribution in [2.45, 2.75) is 63.1 Å². The van der Waals surface area contributed by atoms with Crippen LogP contribution in [0.2, 0.25) is 0 Å². The van der Waals surface area contributed by atoms with E-state index in [0.717, 1.165) is 45.3 Å². The van der Waals surface area contributed by atoms with Crippen LogP contribution >= 0.6 is 11.3 Å². The van der Waals surface area contributed by atoms with Crippen molar-refractivity contribution < 1.29 is 32.6 Å². The van der Waals surface area contributed by atoms with Crippen molar-refractivity contribution in [3.63, 3.8) is 0 Å². The van der Waals surface area contributed by atoms with Crippen molar-refractivity contribution in [3.8, 4) is 0 Å². The van der Waals surface area contributed by atoms with Crippen molar-refractivity contribution in [3.05, 3.63) is 22.4 Å². The average Bonchev–Trinajstić information content (AvgIpc) is 3.26. The number of carboxylic acid groups (broad SMARTS) is 1. The number of ether oxygens (including phenoxy) is 1. The molecule has 2 N–H and O–H groups in total. The van der Waals surface area contributed by atoms with Gasteiger partial charge in [-0.15, -0.1) is 0 Å². The number of thiophene rings is 1. The molecular weight excluding hydrogens is 409 g/mol. The maximum Gasteiger partial charge on any atom is 0.490 e. The van der Waals surface area contributed by atoms with Crippen molar-refractivity contribution in [1.29, 1.82) is 0 Å². The summed E-state index contributed by atoms with van der Waals surface area (Å²) in [7, 11) is 0. The van der Waals surface area contributed by atoms with Gasteiger partial charge in [-0.3, -0.25) is 9.69 Å². The molecule has 10 heteroatoms. The van der Waals surface area contributed by atoms with Gasteiger partial charge in [0.15, 0.2) is 0 Å². The summed E-state index contributed by atoms with van der Waals surface area (Å²) in [4.78, 5) is 23.6. The van der Waals surface area contributed by atoms with Crippen molar-refractivity contribution in [2.24, 2.45) is 5.92 Å². The molecule has 3 heterocycles. The Kier molecular flexibility index (Phi) is 7.18. The van der Waals surface area contributed by atoms with Crippen molar-refractivity contribution >= 4 is 23.2 Å². The number of hydrogen-bond donors (Lipinski definition) is 2. The molecule has 4 rings (SSSR count). The summed E-state index contributed by atoms with van der Waals surface area (Å²) in [5.41, 5.74) is 1.39. The molecule has 3 fully saturated rings. The average molecular weight is 434 g/mol. The maximum absolute atomic E-state index is 12.3. The normalized spacial score (nSPS) is 27.3. The zero-order valence-corrected chi connectivity index (χ0v) is 16.7. The molecule has 1 aliphatic carbocycles. The lowest BCUT2D eigenvalue weighted by Crippen LogP contribution is -2.45. The second-order valence-corrected chi connectivity index (χ2v) is 8.53. The summed E-state index contributed by atoms with van der Waals surface area (Å²) >= 11 is 1.75. The molecule has 3 atom stereocenters. The number of amides is 1. The molecule has 162 valence electrons. The lowest BCUT2D eigenvalue weighted by molar-refractivity contribution is -0.192. The van der Waals surface area contributed by atoms with Crippen LogP contribution in [0.15, 0.2) is 16.8 Å². The summed E-state index contributed by atoms with van der Waals surface area (Å²) in [5.74, 6) is -2.06. The summed E-state index contributed by atoms with van der Waals surface area (Å²) in [6.07, 6.45) is 0.539. The highest BCUT2D eigenvalue weighted by atomic mass is 32.1. The fourth-order valence-corrected chi connectivity index (χ4v) is 4.45. The molecule has 1 aromatic heterocycles. The van der Waals surface area contributed by atoms with E-state index < -0.39 is 12.1 Å². The van der Waals surface area contributed by atoms with Crippen LogP contribution in [0, 0.1) is 5.92 Å². The van der Waals surface area contributed by atoms with Crippen LogP contribution in [0.5, 0.6) is 0 Å². The van der Waals surface area contributed by atoms with Gasteiger partial charge in [-0.1, -0.05) is 0 Å². The summed E-state index contributed by atoms with van der Waals surface area (Å²) in [5, 5.41) is 14.6. The molecule has 0 radical (unpaired) electrons. The largest absolute Gasteiger partial charge is 0.490 e. The fourth-order valence-electron chi connectivity index (χ4n) is 3.79. The van der Waals surface area contributed by atoms with Crippen molar-refractivity contribution in [1.82, 2.24) is 10.2 Å². The Morgan fingerprint density at radius 1 is 1.31 bits per heavy atom. The number of nitrogens with zero attached hydrogens (tertiary/aromatic N) is 1. The van der Waals surface area contributed by atoms with E-state index in [0.29, 0.717) is 12.0 Å². The topological polar surface area (TPSA) is 78.9 Å². The Morgan fingerprint density at radius 3 is 2.59 bits per heavy atom. The minimum absolute atomic E-state index is 0.128. The van der Waals surface area contributed by atoms with E-state index in [9.17, 15) is 18.0 Å². The summed E-state index contributed by atoms with van der Waals surface area (Å²) < 4.78 is 37.8. The van der Waals surface area contributed by atoms with E-state index in [2.05, 4.69) is 27.0 Å². The van der Waals surface area contributed by atoms with Crippen LogP contribution in [0.25, 0.3) is 0 Å². The minimum atomic E-state index is -5.08. The van der Waals surface area contributed by atoms with Crippen LogP contribution in [0.3, 0.4) is 0 Å². The van der Waals surface area contributed by atoms with Gasteiger partial charge in [-0.25, -0.2) is 4.79 Å². The molecule has 1 amide bonds. The summed E-state index contributed by atoms with van der Waals surface area (Å²) in [6.45, 7) is 3.10. The smallest absolute Gasteiger partial charge is 0.475 e. The van der Waals surface area contributed by atoms with Crippen LogP contribution in [-0.4, -0.2) is 59.4 Å². The highest BCUT2D eigenvalue weighted by Gasteiger charge is 2.42. The van der Waals surface area contributed by atoms with Crippen molar-refractivity contribution in [2.75, 3.05) is 13.1 Å². The Hall–Kier alpha value is -1.65. The summed E-state index contributed by atoms with van der Waals surface area (Å²) in [6, 6.07) is 2.61. The number of nitrogens with one attached hydrogen (secondary N) is 1.